The maximum atomic E-state index is 12.3. The fourth-order valence-electron chi connectivity index (χ4n) is 3.93. The number of allylic oxidation sites excluding steroid dienone is 2. The van der Waals surface area contributed by atoms with E-state index >= 15 is 0 Å². The standard InChI is InChI=1S/C16H26O/c1-8-7-14-13(6)16(17)12(5)11(4)15(14)10(3)9(8)2/h8-13H,7H2,1-6H3. The number of ketones is 1. The molecule has 0 spiro atoms. The van der Waals surface area contributed by atoms with Crippen molar-refractivity contribution >= 4 is 5.78 Å². The Labute approximate surface area is 106 Å². The van der Waals surface area contributed by atoms with E-state index in [0.717, 1.165) is 18.3 Å². The quantitative estimate of drug-likeness (QED) is 0.577. The zero-order chi connectivity index (χ0) is 12.9. The van der Waals surface area contributed by atoms with Gasteiger partial charge in [0.05, 0.1) is 0 Å². The van der Waals surface area contributed by atoms with Crippen molar-refractivity contribution in [1.82, 2.24) is 0 Å². The van der Waals surface area contributed by atoms with Gasteiger partial charge in [0, 0.05) is 11.8 Å². The predicted octanol–water partition coefficient (Wildman–Crippen LogP) is 4.09. The van der Waals surface area contributed by atoms with Gasteiger partial charge in [0.1, 0.15) is 5.78 Å². The summed E-state index contributed by atoms with van der Waals surface area (Å²) in [5, 5.41) is 0. The van der Waals surface area contributed by atoms with Crippen molar-refractivity contribution in [3.05, 3.63) is 11.1 Å². The van der Waals surface area contributed by atoms with Crippen LogP contribution >= 0.6 is 0 Å². The highest BCUT2D eigenvalue weighted by Crippen LogP contribution is 2.49. The molecule has 2 aliphatic carbocycles. The molecule has 6 unspecified atom stereocenters. The van der Waals surface area contributed by atoms with Crippen LogP contribution in [-0.4, -0.2) is 5.78 Å². The Bertz CT molecular complexity index is 366. The number of rotatable bonds is 0. The Kier molecular flexibility index (Phi) is 3.22. The summed E-state index contributed by atoms with van der Waals surface area (Å²) in [5.74, 6) is 3.44. The first-order valence-corrected chi connectivity index (χ1v) is 7.12. The van der Waals surface area contributed by atoms with Gasteiger partial charge in [-0.3, -0.25) is 4.79 Å². The van der Waals surface area contributed by atoms with E-state index in [1.165, 1.54) is 5.57 Å². The van der Waals surface area contributed by atoms with Crippen molar-refractivity contribution in [3.63, 3.8) is 0 Å². The molecule has 0 amide bonds. The molecule has 1 nitrogen and oxygen atoms in total. The highest BCUT2D eigenvalue weighted by Gasteiger charge is 2.42. The van der Waals surface area contributed by atoms with E-state index in [1.54, 1.807) is 5.57 Å². The molecule has 0 aromatic carbocycles. The van der Waals surface area contributed by atoms with Crippen LogP contribution in [0.25, 0.3) is 0 Å². The number of carbonyl (C=O) groups excluding carboxylic acids is 1. The lowest BCUT2D eigenvalue weighted by Crippen LogP contribution is -2.40. The smallest absolute Gasteiger partial charge is 0.143 e. The normalized spacial score (nSPS) is 47.1. The molecule has 0 bridgehead atoms. The summed E-state index contributed by atoms with van der Waals surface area (Å²) in [7, 11) is 0. The largest absolute Gasteiger partial charge is 0.299 e. The first-order chi connectivity index (χ1) is 7.86. The minimum atomic E-state index is 0.175. The minimum Gasteiger partial charge on any atom is -0.299 e. The summed E-state index contributed by atoms with van der Waals surface area (Å²) >= 11 is 0. The van der Waals surface area contributed by atoms with Gasteiger partial charge in [0.25, 0.3) is 0 Å². The fourth-order valence-corrected chi connectivity index (χ4v) is 3.93. The van der Waals surface area contributed by atoms with Gasteiger partial charge >= 0.3 is 0 Å². The van der Waals surface area contributed by atoms with Crippen molar-refractivity contribution < 1.29 is 4.79 Å². The van der Waals surface area contributed by atoms with Crippen LogP contribution in [-0.2, 0) is 4.79 Å². The van der Waals surface area contributed by atoms with E-state index in [4.69, 9.17) is 0 Å². The molecule has 17 heavy (non-hydrogen) atoms. The molecule has 6 atom stereocenters. The van der Waals surface area contributed by atoms with E-state index < -0.39 is 0 Å². The second kappa shape index (κ2) is 4.26. The molecule has 0 heterocycles. The van der Waals surface area contributed by atoms with Gasteiger partial charge in [-0.1, -0.05) is 52.7 Å². The maximum Gasteiger partial charge on any atom is 0.143 e. The molecule has 0 aliphatic heterocycles. The molecule has 96 valence electrons. The first kappa shape index (κ1) is 12.9. The average molecular weight is 234 g/mol. The third kappa shape index (κ3) is 1.78. The van der Waals surface area contributed by atoms with Crippen LogP contribution in [0.4, 0.5) is 0 Å². The predicted molar refractivity (Wildman–Crippen MR) is 71.6 cm³/mol. The lowest BCUT2D eigenvalue weighted by Gasteiger charge is -2.45. The van der Waals surface area contributed by atoms with Crippen molar-refractivity contribution in [3.8, 4) is 0 Å². The summed E-state index contributed by atoms with van der Waals surface area (Å²) in [5.41, 5.74) is 3.11. The second-order valence-corrected chi connectivity index (χ2v) is 6.51. The van der Waals surface area contributed by atoms with Crippen LogP contribution in [0, 0.1) is 35.5 Å². The van der Waals surface area contributed by atoms with Gasteiger partial charge in [0.15, 0.2) is 0 Å². The van der Waals surface area contributed by atoms with E-state index in [9.17, 15) is 4.79 Å². The molecule has 0 saturated heterocycles. The van der Waals surface area contributed by atoms with Crippen LogP contribution in [0.5, 0.6) is 0 Å². The lowest BCUT2D eigenvalue weighted by atomic mass is 9.59. The summed E-state index contributed by atoms with van der Waals surface area (Å²) in [6, 6.07) is 0. The molecule has 2 aliphatic rings. The number of hydrogen-bond donors (Lipinski definition) is 0. The van der Waals surface area contributed by atoms with Gasteiger partial charge in [-0.2, -0.15) is 0 Å². The summed E-state index contributed by atoms with van der Waals surface area (Å²) in [6.07, 6.45) is 1.14. The van der Waals surface area contributed by atoms with E-state index in [1.807, 2.05) is 0 Å². The zero-order valence-electron chi connectivity index (χ0n) is 12.1. The topological polar surface area (TPSA) is 17.1 Å². The van der Waals surface area contributed by atoms with Crippen molar-refractivity contribution in [2.24, 2.45) is 35.5 Å². The van der Waals surface area contributed by atoms with Gasteiger partial charge in [-0.15, -0.1) is 0 Å². The highest BCUT2D eigenvalue weighted by atomic mass is 16.1. The highest BCUT2D eigenvalue weighted by molar-refractivity contribution is 5.87. The van der Waals surface area contributed by atoms with Crippen molar-refractivity contribution in [2.75, 3.05) is 0 Å². The Hall–Kier alpha value is -0.590. The van der Waals surface area contributed by atoms with Gasteiger partial charge in [0.2, 0.25) is 0 Å². The zero-order valence-corrected chi connectivity index (χ0v) is 12.1. The Balaban J connectivity index is 2.48. The van der Waals surface area contributed by atoms with Crippen LogP contribution in [0.3, 0.4) is 0 Å². The molecule has 0 aromatic heterocycles. The second-order valence-electron chi connectivity index (χ2n) is 6.51. The Morgan fingerprint density at radius 1 is 0.882 bits per heavy atom. The fraction of sp³-hybridized carbons (Fsp3) is 0.812. The van der Waals surface area contributed by atoms with Crippen LogP contribution in [0.2, 0.25) is 0 Å². The van der Waals surface area contributed by atoms with Gasteiger partial charge in [-0.05, 0) is 30.1 Å². The molecule has 0 fully saturated rings. The first-order valence-electron chi connectivity index (χ1n) is 7.12. The molecule has 1 heteroatoms. The van der Waals surface area contributed by atoms with Crippen LogP contribution in [0.15, 0.2) is 11.1 Å². The molecule has 0 radical (unpaired) electrons. The average Bonchev–Trinajstić information content (AvgIpc) is 2.30. The molecule has 0 saturated carbocycles. The molecule has 2 rings (SSSR count). The molecule has 0 aromatic rings. The van der Waals surface area contributed by atoms with Crippen LogP contribution in [0.1, 0.15) is 48.0 Å². The summed E-state index contributed by atoms with van der Waals surface area (Å²) in [6.45, 7) is 13.6. The molecular formula is C16H26O. The van der Waals surface area contributed by atoms with E-state index in [2.05, 4.69) is 41.5 Å². The maximum absolute atomic E-state index is 12.3. The Morgan fingerprint density at radius 3 is 2.06 bits per heavy atom. The lowest BCUT2D eigenvalue weighted by molar-refractivity contribution is -0.127. The van der Waals surface area contributed by atoms with Crippen LogP contribution < -0.4 is 0 Å². The summed E-state index contributed by atoms with van der Waals surface area (Å²) < 4.78 is 0. The molecule has 0 N–H and O–H groups in total. The third-order valence-electron chi connectivity index (χ3n) is 5.73. The van der Waals surface area contributed by atoms with Crippen molar-refractivity contribution in [1.29, 1.82) is 0 Å². The monoisotopic (exact) mass is 234 g/mol. The summed E-state index contributed by atoms with van der Waals surface area (Å²) in [4.78, 5) is 12.3. The SMILES string of the molecule is CC1C(=O)C(C)C(C)C2=C1CC(C)C(C)C2C. The minimum absolute atomic E-state index is 0.175. The Morgan fingerprint density at radius 2 is 1.47 bits per heavy atom. The van der Waals surface area contributed by atoms with Gasteiger partial charge in [-0.25, -0.2) is 0 Å². The van der Waals surface area contributed by atoms with Crippen molar-refractivity contribution in [2.45, 2.75) is 48.0 Å². The third-order valence-corrected chi connectivity index (χ3v) is 5.73. The van der Waals surface area contributed by atoms with Gasteiger partial charge < -0.3 is 0 Å². The number of hydrogen-bond acceptors (Lipinski definition) is 1. The van der Waals surface area contributed by atoms with E-state index in [-0.39, 0.29) is 11.8 Å². The van der Waals surface area contributed by atoms with E-state index in [0.29, 0.717) is 17.6 Å². The number of Topliss-reactive ketones (excluding diaryl/α,β-unsaturated/α-hetero) is 1. The number of carbonyl (C=O) groups is 1. The molecular weight excluding hydrogens is 208 g/mol.